The molecule has 6 rings (SSSR count). The fourth-order valence-corrected chi connectivity index (χ4v) is 5.34. The zero-order chi connectivity index (χ0) is 24.2. The maximum atomic E-state index is 6.47. The number of anilines is 1. The molecule has 2 aromatic heterocycles. The van der Waals surface area contributed by atoms with Crippen LogP contribution >= 0.6 is 0 Å². The van der Waals surface area contributed by atoms with Crippen molar-refractivity contribution in [1.29, 1.82) is 0 Å². The number of morpholine rings is 1. The monoisotopic (exact) mass is 487 g/mol. The number of hydrogen-bond acceptors (Lipinski definition) is 8. The van der Waals surface area contributed by atoms with Gasteiger partial charge < -0.3 is 19.7 Å². The van der Waals surface area contributed by atoms with Crippen molar-refractivity contribution in [3.63, 3.8) is 0 Å². The van der Waals surface area contributed by atoms with Gasteiger partial charge >= 0.3 is 0 Å². The van der Waals surface area contributed by atoms with Crippen LogP contribution in [0, 0.1) is 0 Å². The molecule has 0 radical (unpaired) electrons. The van der Waals surface area contributed by atoms with Gasteiger partial charge in [-0.15, -0.1) is 0 Å². The fraction of sp³-hybridized carbons (Fsp3) is 0.444. The molecule has 2 aliphatic heterocycles. The molecule has 36 heavy (non-hydrogen) atoms. The van der Waals surface area contributed by atoms with Gasteiger partial charge in [-0.1, -0.05) is 30.3 Å². The third-order valence-corrected chi connectivity index (χ3v) is 7.26. The van der Waals surface area contributed by atoms with Crippen molar-refractivity contribution in [3.8, 4) is 5.75 Å². The number of nitrogens with zero attached hydrogens (tertiary/aromatic N) is 6. The first-order valence-corrected chi connectivity index (χ1v) is 12.9. The summed E-state index contributed by atoms with van der Waals surface area (Å²) in [5.41, 5.74) is 1.30. The molecule has 9 nitrogen and oxygen atoms in total. The Balaban J connectivity index is 1.12. The van der Waals surface area contributed by atoms with Gasteiger partial charge in [-0.25, -0.2) is 4.98 Å². The molecular weight excluding hydrogens is 454 g/mol. The maximum absolute atomic E-state index is 6.47. The van der Waals surface area contributed by atoms with Crippen molar-refractivity contribution in [1.82, 2.24) is 29.8 Å². The molecule has 4 heterocycles. The van der Waals surface area contributed by atoms with Crippen LogP contribution in [0.3, 0.4) is 0 Å². The summed E-state index contributed by atoms with van der Waals surface area (Å²) in [7, 11) is 0. The second-order valence-corrected chi connectivity index (χ2v) is 9.47. The Morgan fingerprint density at radius 2 is 1.89 bits per heavy atom. The van der Waals surface area contributed by atoms with Crippen LogP contribution < -0.4 is 15.0 Å². The first kappa shape index (κ1) is 23.1. The highest BCUT2D eigenvalue weighted by Gasteiger charge is 2.27. The van der Waals surface area contributed by atoms with Gasteiger partial charge in [0.2, 0.25) is 0 Å². The molecule has 188 valence electrons. The highest BCUT2D eigenvalue weighted by Crippen LogP contribution is 2.31. The lowest BCUT2D eigenvalue weighted by Crippen LogP contribution is -2.40. The molecule has 0 saturated carbocycles. The van der Waals surface area contributed by atoms with Gasteiger partial charge in [-0.3, -0.25) is 4.90 Å². The second kappa shape index (κ2) is 10.8. The summed E-state index contributed by atoms with van der Waals surface area (Å²) in [6, 6.07) is 15.2. The Kier molecular flexibility index (Phi) is 6.93. The van der Waals surface area contributed by atoms with E-state index in [0.717, 1.165) is 82.3 Å². The first-order valence-electron chi connectivity index (χ1n) is 12.9. The molecule has 2 aromatic carbocycles. The SMILES string of the molecule is c1ccc2c(OCC3CCCN3c3ccnc4ncnn34)ccc(CNCCN3CCOCC3)c2c1. The molecular formula is C27H33N7O2. The van der Waals surface area contributed by atoms with Crippen LogP contribution in [0.25, 0.3) is 16.6 Å². The minimum Gasteiger partial charge on any atom is -0.491 e. The van der Waals surface area contributed by atoms with E-state index in [2.05, 4.69) is 66.6 Å². The average Bonchev–Trinajstić information content (AvgIpc) is 3.60. The van der Waals surface area contributed by atoms with E-state index in [1.165, 1.54) is 10.9 Å². The van der Waals surface area contributed by atoms with Gasteiger partial charge in [0, 0.05) is 50.9 Å². The number of hydrogen-bond donors (Lipinski definition) is 1. The molecule has 1 N–H and O–H groups in total. The van der Waals surface area contributed by atoms with Crippen LogP contribution in [0.5, 0.6) is 5.75 Å². The Hall–Kier alpha value is -3.27. The van der Waals surface area contributed by atoms with Crippen molar-refractivity contribution in [2.24, 2.45) is 0 Å². The van der Waals surface area contributed by atoms with Crippen LogP contribution in [-0.2, 0) is 11.3 Å². The average molecular weight is 488 g/mol. The molecule has 0 spiro atoms. The fourth-order valence-electron chi connectivity index (χ4n) is 5.34. The molecule has 9 heteroatoms. The Bertz CT molecular complexity index is 1300. The minimum absolute atomic E-state index is 0.278. The standard InChI is InChI=1S/C27H33N7O2/c1-2-6-24-23(5-1)21(18-28-11-13-32-14-16-35-17-15-32)7-8-25(24)36-19-22-4-3-12-33(22)26-9-10-29-27-30-20-31-34(26)27/h1-2,5-10,20,22,28H,3-4,11-19H2. The van der Waals surface area contributed by atoms with Crippen LogP contribution in [0.2, 0.25) is 0 Å². The summed E-state index contributed by atoms with van der Waals surface area (Å²) in [5.74, 6) is 2.58. The van der Waals surface area contributed by atoms with Gasteiger partial charge in [0.1, 0.15) is 24.5 Å². The zero-order valence-electron chi connectivity index (χ0n) is 20.6. The molecule has 0 aliphatic carbocycles. The van der Waals surface area contributed by atoms with Crippen LogP contribution in [0.4, 0.5) is 5.82 Å². The zero-order valence-corrected chi connectivity index (χ0v) is 20.6. The van der Waals surface area contributed by atoms with Crippen LogP contribution in [0.15, 0.2) is 55.0 Å². The Morgan fingerprint density at radius 3 is 2.81 bits per heavy atom. The predicted octanol–water partition coefficient (Wildman–Crippen LogP) is 2.75. The van der Waals surface area contributed by atoms with E-state index in [9.17, 15) is 0 Å². The van der Waals surface area contributed by atoms with Crippen molar-refractivity contribution in [2.75, 3.05) is 57.4 Å². The number of ether oxygens (including phenoxy) is 2. The van der Waals surface area contributed by atoms with Gasteiger partial charge in [-0.2, -0.15) is 14.6 Å². The number of rotatable bonds is 9. The first-order chi connectivity index (χ1) is 17.9. The van der Waals surface area contributed by atoms with Gasteiger partial charge in [-0.05, 0) is 35.9 Å². The summed E-state index contributed by atoms with van der Waals surface area (Å²) in [5, 5.41) is 10.4. The van der Waals surface area contributed by atoms with Crippen molar-refractivity contribution >= 4 is 22.4 Å². The van der Waals surface area contributed by atoms with Gasteiger partial charge in [0.05, 0.1) is 19.3 Å². The molecule has 4 aromatic rings. The number of benzene rings is 2. The summed E-state index contributed by atoms with van der Waals surface area (Å²) in [4.78, 5) is 13.4. The number of nitrogens with one attached hydrogen (secondary N) is 1. The van der Waals surface area contributed by atoms with E-state index in [1.54, 1.807) is 12.5 Å². The third-order valence-electron chi connectivity index (χ3n) is 7.26. The summed E-state index contributed by atoms with van der Waals surface area (Å²) < 4.78 is 13.7. The lowest BCUT2D eigenvalue weighted by molar-refractivity contribution is 0.0384. The molecule has 1 atom stereocenters. The van der Waals surface area contributed by atoms with E-state index in [-0.39, 0.29) is 6.04 Å². The maximum Gasteiger partial charge on any atom is 0.254 e. The largest absolute Gasteiger partial charge is 0.491 e. The van der Waals surface area contributed by atoms with E-state index in [0.29, 0.717) is 12.4 Å². The summed E-state index contributed by atoms with van der Waals surface area (Å²) in [6.07, 6.45) is 5.57. The molecule has 0 amide bonds. The van der Waals surface area contributed by atoms with Crippen LogP contribution in [-0.4, -0.2) is 83.1 Å². The highest BCUT2D eigenvalue weighted by molar-refractivity contribution is 5.91. The Labute approximate surface area is 211 Å². The van der Waals surface area contributed by atoms with E-state index in [1.807, 2.05) is 10.6 Å². The third kappa shape index (κ3) is 4.86. The second-order valence-electron chi connectivity index (χ2n) is 9.47. The smallest absolute Gasteiger partial charge is 0.254 e. The van der Waals surface area contributed by atoms with Crippen molar-refractivity contribution in [3.05, 3.63) is 60.6 Å². The number of aromatic nitrogens is 4. The van der Waals surface area contributed by atoms with Crippen molar-refractivity contribution < 1.29 is 9.47 Å². The normalized spacial score (nSPS) is 18.9. The lowest BCUT2D eigenvalue weighted by Gasteiger charge is -2.27. The molecule has 1 unspecified atom stereocenters. The van der Waals surface area contributed by atoms with Gasteiger partial charge in [0.25, 0.3) is 5.78 Å². The molecule has 2 aliphatic rings. The van der Waals surface area contributed by atoms with Crippen molar-refractivity contribution in [2.45, 2.75) is 25.4 Å². The topological polar surface area (TPSA) is 80.0 Å². The number of fused-ring (bicyclic) bond motifs is 2. The van der Waals surface area contributed by atoms with E-state index >= 15 is 0 Å². The molecule has 2 saturated heterocycles. The quantitative estimate of drug-likeness (QED) is 0.361. The summed E-state index contributed by atoms with van der Waals surface area (Å²) >= 11 is 0. The predicted molar refractivity (Wildman–Crippen MR) is 140 cm³/mol. The molecule has 2 fully saturated rings. The van der Waals surface area contributed by atoms with E-state index in [4.69, 9.17) is 9.47 Å². The lowest BCUT2D eigenvalue weighted by atomic mass is 10.0. The Morgan fingerprint density at radius 1 is 1.00 bits per heavy atom. The molecule has 0 bridgehead atoms. The summed E-state index contributed by atoms with van der Waals surface area (Å²) in [6.45, 7) is 8.22. The van der Waals surface area contributed by atoms with Crippen LogP contribution in [0.1, 0.15) is 18.4 Å². The highest BCUT2D eigenvalue weighted by atomic mass is 16.5. The van der Waals surface area contributed by atoms with Gasteiger partial charge in [0.15, 0.2) is 0 Å². The van der Waals surface area contributed by atoms with E-state index < -0.39 is 0 Å². The minimum atomic E-state index is 0.278.